The molecule has 2 heterocycles. The third-order valence-electron chi connectivity index (χ3n) is 5.26. The average Bonchev–Trinajstić information content (AvgIpc) is 3.19. The zero-order valence-corrected chi connectivity index (χ0v) is 18.8. The summed E-state index contributed by atoms with van der Waals surface area (Å²) in [6, 6.07) is 8.77. The molecule has 0 aliphatic carbocycles. The van der Waals surface area contributed by atoms with Crippen LogP contribution in [-0.2, 0) is 13.5 Å². The number of anilines is 1. The summed E-state index contributed by atoms with van der Waals surface area (Å²) in [7, 11) is 3.79. The molecule has 1 saturated heterocycles. The predicted molar refractivity (Wildman–Crippen MR) is 123 cm³/mol. The number of aryl methyl sites for hydroxylation is 1. The summed E-state index contributed by atoms with van der Waals surface area (Å²) in [5.41, 5.74) is 2.48. The summed E-state index contributed by atoms with van der Waals surface area (Å²) in [5.74, 6) is 2.34. The number of aliphatic imine (C=N–C) groups is 1. The number of guanidine groups is 1. The van der Waals surface area contributed by atoms with Gasteiger partial charge in [0.25, 0.3) is 0 Å². The van der Waals surface area contributed by atoms with Gasteiger partial charge in [0.05, 0.1) is 18.5 Å². The molecule has 0 amide bonds. The van der Waals surface area contributed by atoms with E-state index in [4.69, 9.17) is 4.74 Å². The lowest BCUT2D eigenvalue weighted by Crippen LogP contribution is -2.51. The fourth-order valence-corrected chi connectivity index (χ4v) is 3.63. The Hall–Kier alpha value is -2.70. The van der Waals surface area contributed by atoms with Crippen LogP contribution < -0.4 is 20.3 Å². The van der Waals surface area contributed by atoms with Gasteiger partial charge >= 0.3 is 0 Å². The second-order valence-electron chi connectivity index (χ2n) is 8.40. The highest BCUT2D eigenvalue weighted by Crippen LogP contribution is 2.19. The second kappa shape index (κ2) is 10.9. The summed E-state index contributed by atoms with van der Waals surface area (Å²) in [6.07, 6.45) is 7.27. The van der Waals surface area contributed by atoms with Gasteiger partial charge in [-0.25, -0.2) is 0 Å². The van der Waals surface area contributed by atoms with E-state index in [0.29, 0.717) is 12.0 Å². The fraction of sp³-hybridized carbons (Fsp3) is 0.565. The maximum Gasteiger partial charge on any atom is 0.191 e. The van der Waals surface area contributed by atoms with Crippen LogP contribution in [0.2, 0.25) is 0 Å². The standard InChI is InChI=1S/C23H36N6O/c1-18(2)17-30-22-9-7-19(8-10-22)11-12-25-23(24-3)27-20-6-5-13-29(15-20)21-14-26-28(4)16-21/h7-10,14,16,18,20H,5-6,11-13,15,17H2,1-4H3,(H2,24,25,27). The van der Waals surface area contributed by atoms with Crippen molar-refractivity contribution in [3.8, 4) is 5.75 Å². The van der Waals surface area contributed by atoms with Gasteiger partial charge in [-0.2, -0.15) is 5.10 Å². The van der Waals surface area contributed by atoms with Crippen molar-refractivity contribution >= 4 is 11.6 Å². The molecule has 1 atom stereocenters. The van der Waals surface area contributed by atoms with E-state index in [1.807, 2.05) is 25.0 Å². The Morgan fingerprint density at radius 2 is 2.10 bits per heavy atom. The van der Waals surface area contributed by atoms with Crippen molar-refractivity contribution in [3.05, 3.63) is 42.2 Å². The smallest absolute Gasteiger partial charge is 0.191 e. The first-order valence-corrected chi connectivity index (χ1v) is 11.0. The minimum absolute atomic E-state index is 0.377. The van der Waals surface area contributed by atoms with Gasteiger partial charge in [-0.1, -0.05) is 26.0 Å². The molecule has 3 rings (SSSR count). The molecule has 0 radical (unpaired) electrons. The monoisotopic (exact) mass is 412 g/mol. The van der Waals surface area contributed by atoms with Gasteiger partial charge in [0.15, 0.2) is 5.96 Å². The Morgan fingerprint density at radius 3 is 2.77 bits per heavy atom. The topological polar surface area (TPSA) is 66.7 Å². The number of nitrogens with zero attached hydrogens (tertiary/aromatic N) is 4. The van der Waals surface area contributed by atoms with E-state index in [2.05, 4.69) is 69.9 Å². The van der Waals surface area contributed by atoms with E-state index in [1.165, 1.54) is 11.3 Å². The number of aromatic nitrogens is 2. The predicted octanol–water partition coefficient (Wildman–Crippen LogP) is 2.83. The molecule has 7 heteroatoms. The highest BCUT2D eigenvalue weighted by Gasteiger charge is 2.21. The lowest BCUT2D eigenvalue weighted by molar-refractivity contribution is 0.271. The van der Waals surface area contributed by atoms with Gasteiger partial charge in [-0.3, -0.25) is 9.67 Å². The molecular formula is C23H36N6O. The maximum absolute atomic E-state index is 5.76. The van der Waals surface area contributed by atoms with E-state index < -0.39 is 0 Å². The van der Waals surface area contributed by atoms with Crippen LogP contribution >= 0.6 is 0 Å². The minimum atomic E-state index is 0.377. The van der Waals surface area contributed by atoms with Crippen LogP contribution in [0.25, 0.3) is 0 Å². The van der Waals surface area contributed by atoms with Crippen LogP contribution in [0.4, 0.5) is 5.69 Å². The maximum atomic E-state index is 5.76. The van der Waals surface area contributed by atoms with Gasteiger partial charge < -0.3 is 20.3 Å². The molecule has 1 unspecified atom stereocenters. The molecule has 1 aliphatic heterocycles. The average molecular weight is 413 g/mol. The van der Waals surface area contributed by atoms with E-state index in [1.54, 1.807) is 0 Å². The second-order valence-corrected chi connectivity index (χ2v) is 8.40. The van der Waals surface area contributed by atoms with Gasteiger partial charge in [0.1, 0.15) is 5.75 Å². The van der Waals surface area contributed by atoms with E-state index in [0.717, 1.165) is 57.2 Å². The lowest BCUT2D eigenvalue weighted by atomic mass is 10.1. The fourth-order valence-electron chi connectivity index (χ4n) is 3.63. The molecule has 0 bridgehead atoms. The Kier molecular flexibility index (Phi) is 7.99. The summed E-state index contributed by atoms with van der Waals surface area (Å²) in [6.45, 7) is 7.94. The zero-order valence-electron chi connectivity index (χ0n) is 18.8. The molecule has 1 fully saturated rings. The molecule has 2 aromatic rings. The van der Waals surface area contributed by atoms with Crippen LogP contribution in [0.5, 0.6) is 5.75 Å². The van der Waals surface area contributed by atoms with Crippen molar-refractivity contribution < 1.29 is 4.74 Å². The molecule has 30 heavy (non-hydrogen) atoms. The molecule has 1 aromatic heterocycles. The number of hydrogen-bond acceptors (Lipinski definition) is 4. The summed E-state index contributed by atoms with van der Waals surface area (Å²) in [5, 5.41) is 11.3. The highest BCUT2D eigenvalue weighted by molar-refractivity contribution is 5.80. The third-order valence-corrected chi connectivity index (χ3v) is 5.26. The zero-order chi connectivity index (χ0) is 21.3. The first-order valence-electron chi connectivity index (χ1n) is 11.0. The van der Waals surface area contributed by atoms with Crippen LogP contribution in [0.3, 0.4) is 0 Å². The van der Waals surface area contributed by atoms with Crippen molar-refractivity contribution in [2.75, 3.05) is 38.2 Å². The summed E-state index contributed by atoms with van der Waals surface area (Å²) in [4.78, 5) is 6.80. The molecule has 1 aliphatic rings. The molecule has 0 saturated carbocycles. The van der Waals surface area contributed by atoms with Crippen molar-refractivity contribution in [3.63, 3.8) is 0 Å². The van der Waals surface area contributed by atoms with E-state index in [9.17, 15) is 0 Å². The van der Waals surface area contributed by atoms with Crippen LogP contribution in [-0.4, -0.2) is 55.1 Å². The number of benzene rings is 1. The summed E-state index contributed by atoms with van der Waals surface area (Å²) >= 11 is 0. The van der Waals surface area contributed by atoms with E-state index >= 15 is 0 Å². The normalized spacial score (nSPS) is 17.3. The molecular weight excluding hydrogens is 376 g/mol. The number of nitrogens with one attached hydrogen (secondary N) is 2. The number of ether oxygens (including phenoxy) is 1. The highest BCUT2D eigenvalue weighted by atomic mass is 16.5. The van der Waals surface area contributed by atoms with Crippen molar-refractivity contribution in [2.24, 2.45) is 18.0 Å². The lowest BCUT2D eigenvalue weighted by Gasteiger charge is -2.34. The Balaban J connectivity index is 1.42. The van der Waals surface area contributed by atoms with Gasteiger partial charge in [-0.05, 0) is 42.9 Å². The Labute approximate surface area is 180 Å². The van der Waals surface area contributed by atoms with E-state index in [-0.39, 0.29) is 0 Å². The Bertz CT molecular complexity index is 798. The number of piperidine rings is 1. The van der Waals surface area contributed by atoms with Gasteiger partial charge in [-0.15, -0.1) is 0 Å². The Morgan fingerprint density at radius 1 is 1.30 bits per heavy atom. The van der Waals surface area contributed by atoms with Crippen molar-refractivity contribution in [2.45, 2.75) is 39.2 Å². The third kappa shape index (κ3) is 6.68. The first kappa shape index (κ1) is 22.0. The van der Waals surface area contributed by atoms with Crippen molar-refractivity contribution in [1.29, 1.82) is 0 Å². The van der Waals surface area contributed by atoms with Crippen LogP contribution in [0.1, 0.15) is 32.3 Å². The van der Waals surface area contributed by atoms with Crippen LogP contribution in [0.15, 0.2) is 41.7 Å². The SMILES string of the molecule is CN=C(NCCc1ccc(OCC(C)C)cc1)NC1CCCN(c2cnn(C)c2)C1. The number of rotatable bonds is 8. The largest absolute Gasteiger partial charge is 0.493 e. The van der Waals surface area contributed by atoms with Crippen LogP contribution in [0, 0.1) is 5.92 Å². The van der Waals surface area contributed by atoms with Crippen molar-refractivity contribution in [1.82, 2.24) is 20.4 Å². The quantitative estimate of drug-likeness (QED) is 0.516. The molecule has 0 spiro atoms. The minimum Gasteiger partial charge on any atom is -0.493 e. The molecule has 2 N–H and O–H groups in total. The first-order chi connectivity index (χ1) is 14.5. The number of hydrogen-bond donors (Lipinski definition) is 2. The van der Waals surface area contributed by atoms with Gasteiger partial charge in [0.2, 0.25) is 0 Å². The summed E-state index contributed by atoms with van der Waals surface area (Å²) < 4.78 is 7.61. The molecule has 164 valence electrons. The molecule has 1 aromatic carbocycles. The van der Waals surface area contributed by atoms with Gasteiger partial charge in [0, 0.05) is 46.0 Å². The molecule has 7 nitrogen and oxygen atoms in total.